The van der Waals surface area contributed by atoms with Gasteiger partial charge in [-0.2, -0.15) is 13.2 Å². The zero-order valence-corrected chi connectivity index (χ0v) is 10.2. The van der Waals surface area contributed by atoms with Crippen LogP contribution in [0.1, 0.15) is 0 Å². The summed E-state index contributed by atoms with van der Waals surface area (Å²) in [4.78, 5) is 0. The summed E-state index contributed by atoms with van der Waals surface area (Å²) in [5.41, 5.74) is 6.54. The monoisotopic (exact) mass is 346 g/mol. The molecule has 0 radical (unpaired) electrons. The Labute approximate surface area is 104 Å². The second kappa shape index (κ2) is 5.09. The number of rotatable bonds is 3. The van der Waals surface area contributed by atoms with Crippen molar-refractivity contribution >= 4 is 34.0 Å². The molecule has 0 bridgehead atoms. The van der Waals surface area contributed by atoms with Crippen molar-refractivity contribution < 1.29 is 18.3 Å². The third-order valence-corrected chi connectivity index (χ3v) is 2.75. The van der Waals surface area contributed by atoms with Crippen molar-refractivity contribution in [2.45, 2.75) is 12.3 Å². The van der Waals surface area contributed by atoms with Crippen LogP contribution in [-0.4, -0.2) is 23.9 Å². The predicted molar refractivity (Wildman–Crippen MR) is 64.1 cm³/mol. The average Bonchev–Trinajstić information content (AvgIpc) is 2.14. The highest BCUT2D eigenvalue weighted by Crippen LogP contribution is 2.23. The Bertz CT molecular complexity index is 370. The van der Waals surface area contributed by atoms with Gasteiger partial charge in [-0.3, -0.25) is 0 Å². The summed E-state index contributed by atoms with van der Waals surface area (Å²) < 4.78 is 36.7. The molecule has 0 aliphatic carbocycles. The molecule has 1 rings (SSSR count). The van der Waals surface area contributed by atoms with Crippen LogP contribution in [0.25, 0.3) is 0 Å². The molecule has 0 aromatic heterocycles. The molecule has 0 saturated heterocycles. The molecule has 0 spiro atoms. The molecular weight excluding hydrogens is 336 g/mol. The van der Waals surface area contributed by atoms with E-state index in [0.717, 1.165) is 0 Å². The van der Waals surface area contributed by atoms with Gasteiger partial charge in [0.05, 0.1) is 0 Å². The van der Waals surface area contributed by atoms with E-state index < -0.39 is 18.8 Å². The Morgan fingerprint density at radius 1 is 1.44 bits per heavy atom. The standard InChI is InChI=1S/C9H10F3IN2O/c10-9(11,12)8(16)4-15-7-2-1-5(14)3-6(7)13/h1-3,8,15-16H,4,14H2. The van der Waals surface area contributed by atoms with Crippen molar-refractivity contribution in [1.82, 2.24) is 0 Å². The first kappa shape index (κ1) is 13.4. The summed E-state index contributed by atoms with van der Waals surface area (Å²) in [7, 11) is 0. The average molecular weight is 346 g/mol. The number of hydrogen-bond donors (Lipinski definition) is 3. The molecule has 3 nitrogen and oxygen atoms in total. The van der Waals surface area contributed by atoms with E-state index in [1.807, 2.05) is 22.6 Å². The summed E-state index contributed by atoms with van der Waals surface area (Å²) in [6.07, 6.45) is -6.98. The molecule has 1 unspecified atom stereocenters. The maximum Gasteiger partial charge on any atom is 0.416 e. The van der Waals surface area contributed by atoms with Crippen LogP contribution in [-0.2, 0) is 0 Å². The first-order chi connectivity index (χ1) is 7.30. The molecule has 7 heteroatoms. The normalized spacial score (nSPS) is 13.6. The van der Waals surface area contributed by atoms with Gasteiger partial charge in [-0.05, 0) is 40.8 Å². The molecule has 0 aliphatic rings. The fraction of sp³-hybridized carbons (Fsp3) is 0.333. The van der Waals surface area contributed by atoms with Gasteiger partial charge in [-0.25, -0.2) is 0 Å². The minimum atomic E-state index is -4.60. The van der Waals surface area contributed by atoms with Gasteiger partial charge in [0.15, 0.2) is 6.10 Å². The van der Waals surface area contributed by atoms with Crippen LogP contribution >= 0.6 is 22.6 Å². The summed E-state index contributed by atoms with van der Waals surface area (Å²) in [5.74, 6) is 0. The fourth-order valence-electron chi connectivity index (χ4n) is 0.997. The quantitative estimate of drug-likeness (QED) is 0.581. The SMILES string of the molecule is Nc1ccc(NCC(O)C(F)(F)F)c(I)c1. The first-order valence-corrected chi connectivity index (χ1v) is 5.42. The molecule has 4 N–H and O–H groups in total. The number of nitrogens with one attached hydrogen (secondary N) is 1. The van der Waals surface area contributed by atoms with Crippen molar-refractivity contribution in [2.24, 2.45) is 0 Å². The highest BCUT2D eigenvalue weighted by atomic mass is 127. The highest BCUT2D eigenvalue weighted by molar-refractivity contribution is 14.1. The minimum absolute atomic E-state index is 0.512. The number of aliphatic hydroxyl groups is 1. The summed E-state index contributed by atoms with van der Waals surface area (Å²) in [5, 5.41) is 11.3. The Morgan fingerprint density at radius 2 is 2.06 bits per heavy atom. The number of nitrogens with two attached hydrogens (primary N) is 1. The smallest absolute Gasteiger partial charge is 0.399 e. The van der Waals surface area contributed by atoms with Crippen LogP contribution in [0, 0.1) is 3.57 Å². The van der Waals surface area contributed by atoms with Crippen molar-refractivity contribution in [3.63, 3.8) is 0 Å². The van der Waals surface area contributed by atoms with E-state index in [-0.39, 0.29) is 0 Å². The largest absolute Gasteiger partial charge is 0.416 e. The molecule has 1 aromatic rings. The Kier molecular flexibility index (Phi) is 4.25. The second-order valence-electron chi connectivity index (χ2n) is 3.18. The van der Waals surface area contributed by atoms with E-state index in [9.17, 15) is 13.2 Å². The van der Waals surface area contributed by atoms with E-state index >= 15 is 0 Å². The minimum Gasteiger partial charge on any atom is -0.399 e. The van der Waals surface area contributed by atoms with Crippen LogP contribution < -0.4 is 11.1 Å². The van der Waals surface area contributed by atoms with Gasteiger partial charge >= 0.3 is 6.18 Å². The fourth-order valence-corrected chi connectivity index (χ4v) is 1.73. The maximum atomic E-state index is 12.0. The number of hydrogen-bond acceptors (Lipinski definition) is 3. The summed E-state index contributed by atoms with van der Waals surface area (Å²) in [6.45, 7) is -0.580. The molecule has 1 atom stereocenters. The molecule has 0 aliphatic heterocycles. The first-order valence-electron chi connectivity index (χ1n) is 4.34. The number of alkyl halides is 3. The van der Waals surface area contributed by atoms with E-state index in [1.54, 1.807) is 18.2 Å². The number of anilines is 2. The van der Waals surface area contributed by atoms with Crippen LogP contribution in [0.15, 0.2) is 18.2 Å². The molecular formula is C9H10F3IN2O. The number of nitrogen functional groups attached to an aromatic ring is 1. The lowest BCUT2D eigenvalue weighted by Gasteiger charge is -2.16. The predicted octanol–water partition coefficient (Wildman–Crippen LogP) is 2.21. The van der Waals surface area contributed by atoms with E-state index in [2.05, 4.69) is 5.32 Å². The van der Waals surface area contributed by atoms with Gasteiger partial charge < -0.3 is 16.2 Å². The van der Waals surface area contributed by atoms with Crippen molar-refractivity contribution in [3.8, 4) is 0 Å². The topological polar surface area (TPSA) is 58.3 Å². The molecule has 0 heterocycles. The van der Waals surface area contributed by atoms with E-state index in [0.29, 0.717) is 14.9 Å². The third kappa shape index (κ3) is 3.71. The van der Waals surface area contributed by atoms with E-state index in [1.165, 1.54) is 0 Å². The third-order valence-electron chi connectivity index (χ3n) is 1.86. The summed E-state index contributed by atoms with van der Waals surface area (Å²) >= 11 is 1.95. The van der Waals surface area contributed by atoms with Crippen molar-refractivity contribution in [2.75, 3.05) is 17.6 Å². The molecule has 0 amide bonds. The van der Waals surface area contributed by atoms with Crippen molar-refractivity contribution in [1.29, 1.82) is 0 Å². The van der Waals surface area contributed by atoms with Crippen LogP contribution in [0.5, 0.6) is 0 Å². The van der Waals surface area contributed by atoms with Gasteiger partial charge in [0.1, 0.15) is 0 Å². The maximum absolute atomic E-state index is 12.0. The van der Waals surface area contributed by atoms with Gasteiger partial charge in [-0.15, -0.1) is 0 Å². The number of halogens is 4. The van der Waals surface area contributed by atoms with Crippen LogP contribution in [0.2, 0.25) is 0 Å². The van der Waals surface area contributed by atoms with Crippen LogP contribution in [0.3, 0.4) is 0 Å². The van der Waals surface area contributed by atoms with Gasteiger partial charge in [0, 0.05) is 21.5 Å². The van der Waals surface area contributed by atoms with Gasteiger partial charge in [-0.1, -0.05) is 0 Å². The van der Waals surface area contributed by atoms with Gasteiger partial charge in [0.25, 0.3) is 0 Å². The zero-order valence-electron chi connectivity index (χ0n) is 8.05. The van der Waals surface area contributed by atoms with Gasteiger partial charge in [0.2, 0.25) is 0 Å². The Balaban J connectivity index is 2.62. The Hall–Kier alpha value is -0.700. The Morgan fingerprint density at radius 3 is 2.56 bits per heavy atom. The molecule has 16 heavy (non-hydrogen) atoms. The van der Waals surface area contributed by atoms with Crippen molar-refractivity contribution in [3.05, 3.63) is 21.8 Å². The number of benzene rings is 1. The molecule has 0 fully saturated rings. The lowest BCUT2D eigenvalue weighted by molar-refractivity contribution is -0.198. The lowest BCUT2D eigenvalue weighted by atomic mass is 10.2. The number of aliphatic hydroxyl groups excluding tert-OH is 1. The second-order valence-corrected chi connectivity index (χ2v) is 4.34. The molecule has 90 valence electrons. The van der Waals surface area contributed by atoms with Crippen LogP contribution in [0.4, 0.5) is 24.5 Å². The molecule has 0 saturated carbocycles. The lowest BCUT2D eigenvalue weighted by Crippen LogP contribution is -2.35. The summed E-state index contributed by atoms with van der Waals surface area (Å²) in [6, 6.07) is 4.77. The molecule has 1 aromatic carbocycles. The zero-order chi connectivity index (χ0) is 12.3. The van der Waals surface area contributed by atoms with E-state index in [4.69, 9.17) is 10.8 Å². The highest BCUT2D eigenvalue weighted by Gasteiger charge is 2.37.